The molecule has 1 aliphatic heterocycles. The summed E-state index contributed by atoms with van der Waals surface area (Å²) in [7, 11) is 0. The molecule has 1 aromatic rings. The van der Waals surface area contributed by atoms with E-state index in [1.54, 1.807) is 4.68 Å². The van der Waals surface area contributed by atoms with E-state index in [4.69, 9.17) is 5.11 Å². The number of carboxylic acids is 1. The van der Waals surface area contributed by atoms with Gasteiger partial charge in [-0.15, -0.1) is 10.2 Å². The van der Waals surface area contributed by atoms with Crippen molar-refractivity contribution in [1.29, 1.82) is 0 Å². The molecule has 1 aromatic heterocycles. The number of hydrogen-bond acceptors (Lipinski definition) is 5. The van der Waals surface area contributed by atoms with Gasteiger partial charge in [-0.05, 0) is 12.8 Å². The van der Waals surface area contributed by atoms with Gasteiger partial charge < -0.3 is 5.11 Å². The second-order valence-electron chi connectivity index (χ2n) is 3.95. The largest absolute Gasteiger partial charge is 0.481 e. The Hall–Kier alpha value is -1.37. The lowest BCUT2D eigenvalue weighted by atomic mass is 10.3. The zero-order chi connectivity index (χ0) is 11.1. The molecule has 2 heterocycles. The van der Waals surface area contributed by atoms with Gasteiger partial charge in [-0.25, -0.2) is 0 Å². The average Bonchev–Trinajstić information content (AvgIpc) is 2.98. The molecular weight excluding hydrogens is 228 g/mol. The highest BCUT2D eigenvalue weighted by molar-refractivity contribution is 7.99. The number of fused-ring (bicyclic) bond motifs is 1. The quantitative estimate of drug-likeness (QED) is 0.847. The van der Waals surface area contributed by atoms with Crippen LogP contribution in [0.1, 0.15) is 31.0 Å². The molecule has 0 spiro atoms. The van der Waals surface area contributed by atoms with Crippen LogP contribution in [0, 0.1) is 0 Å². The van der Waals surface area contributed by atoms with E-state index in [1.807, 2.05) is 0 Å². The van der Waals surface area contributed by atoms with Crippen molar-refractivity contribution in [1.82, 2.24) is 14.9 Å². The molecule has 0 atom stereocenters. The maximum absolute atomic E-state index is 10.6. The minimum atomic E-state index is -0.844. The summed E-state index contributed by atoms with van der Waals surface area (Å²) >= 11 is 1.50. The van der Waals surface area contributed by atoms with Crippen LogP contribution in [-0.4, -0.2) is 37.4 Å². The van der Waals surface area contributed by atoms with Gasteiger partial charge in [-0.2, -0.15) is 9.78 Å². The van der Waals surface area contributed by atoms with Gasteiger partial charge >= 0.3 is 5.97 Å². The maximum Gasteiger partial charge on any atom is 0.309 e. The van der Waals surface area contributed by atoms with E-state index < -0.39 is 5.97 Å². The van der Waals surface area contributed by atoms with Crippen LogP contribution >= 0.6 is 11.8 Å². The standard InChI is InChI=1S/C9H10N4O2S/c14-7(15)3-6-4-16-9-11-10-8(5-1-2-5)13(9)12-6/h5H,1-4H2,(H,14,15). The van der Waals surface area contributed by atoms with E-state index in [1.165, 1.54) is 11.8 Å². The first kappa shape index (κ1) is 9.83. The lowest BCUT2D eigenvalue weighted by molar-refractivity contribution is -0.135. The van der Waals surface area contributed by atoms with Crippen molar-refractivity contribution in [3.63, 3.8) is 0 Å². The molecule has 1 saturated carbocycles. The molecular formula is C9H10N4O2S. The zero-order valence-corrected chi connectivity index (χ0v) is 9.27. The number of nitrogens with zero attached hydrogens (tertiary/aromatic N) is 4. The van der Waals surface area contributed by atoms with Crippen molar-refractivity contribution >= 4 is 23.4 Å². The Morgan fingerprint density at radius 2 is 2.31 bits per heavy atom. The third kappa shape index (κ3) is 1.71. The first-order valence-corrected chi connectivity index (χ1v) is 6.09. The molecule has 16 heavy (non-hydrogen) atoms. The summed E-state index contributed by atoms with van der Waals surface area (Å²) in [4.78, 5) is 10.6. The van der Waals surface area contributed by atoms with E-state index in [0.717, 1.165) is 23.8 Å². The number of aliphatic carboxylic acids is 1. The molecule has 6 nitrogen and oxygen atoms in total. The van der Waals surface area contributed by atoms with Crippen LogP contribution in [0.15, 0.2) is 10.3 Å². The molecule has 0 unspecified atom stereocenters. The van der Waals surface area contributed by atoms with Gasteiger partial charge in [-0.1, -0.05) is 11.8 Å². The Kier molecular flexibility index (Phi) is 2.20. The minimum absolute atomic E-state index is 0.00523. The van der Waals surface area contributed by atoms with Gasteiger partial charge in [0.25, 0.3) is 0 Å². The Bertz CT molecular complexity index is 478. The normalized spacial score (nSPS) is 19.1. The number of thioether (sulfide) groups is 1. The smallest absolute Gasteiger partial charge is 0.309 e. The molecule has 0 aromatic carbocycles. The van der Waals surface area contributed by atoms with Crippen molar-refractivity contribution in [3.8, 4) is 0 Å². The van der Waals surface area contributed by atoms with E-state index in [2.05, 4.69) is 15.3 Å². The minimum Gasteiger partial charge on any atom is -0.481 e. The average molecular weight is 238 g/mol. The highest BCUT2D eigenvalue weighted by Crippen LogP contribution is 2.40. The van der Waals surface area contributed by atoms with Crippen molar-refractivity contribution < 1.29 is 9.90 Å². The molecule has 0 bridgehead atoms. The van der Waals surface area contributed by atoms with Crippen LogP contribution in [-0.2, 0) is 4.79 Å². The highest BCUT2D eigenvalue weighted by atomic mass is 32.2. The SMILES string of the molecule is O=C(O)CC1=Nn2c(nnc2C2CC2)SC1. The first-order chi connectivity index (χ1) is 7.74. The second kappa shape index (κ2) is 3.58. The van der Waals surface area contributed by atoms with Crippen LogP contribution in [0.25, 0.3) is 0 Å². The first-order valence-electron chi connectivity index (χ1n) is 5.10. The van der Waals surface area contributed by atoms with Gasteiger partial charge in [0.15, 0.2) is 5.82 Å². The van der Waals surface area contributed by atoms with Crippen LogP contribution in [0.5, 0.6) is 0 Å². The third-order valence-electron chi connectivity index (χ3n) is 2.54. The molecule has 2 aliphatic rings. The number of rotatable bonds is 3. The number of hydrogen-bond donors (Lipinski definition) is 1. The topological polar surface area (TPSA) is 80.4 Å². The molecule has 7 heteroatoms. The molecule has 1 fully saturated rings. The van der Waals surface area contributed by atoms with Gasteiger partial charge in [0, 0.05) is 11.7 Å². The van der Waals surface area contributed by atoms with E-state index in [9.17, 15) is 4.79 Å². The molecule has 1 aliphatic carbocycles. The Morgan fingerprint density at radius 3 is 3.00 bits per heavy atom. The molecule has 0 radical (unpaired) electrons. The van der Waals surface area contributed by atoms with Crippen molar-refractivity contribution in [3.05, 3.63) is 5.82 Å². The summed E-state index contributed by atoms with van der Waals surface area (Å²) < 4.78 is 1.71. The zero-order valence-electron chi connectivity index (χ0n) is 8.46. The van der Waals surface area contributed by atoms with E-state index in [-0.39, 0.29) is 6.42 Å². The second-order valence-corrected chi connectivity index (χ2v) is 4.89. The Balaban J connectivity index is 1.93. The van der Waals surface area contributed by atoms with E-state index >= 15 is 0 Å². The summed E-state index contributed by atoms with van der Waals surface area (Å²) in [5, 5.41) is 22.0. The van der Waals surface area contributed by atoms with E-state index in [0.29, 0.717) is 17.4 Å². The Labute approximate surface area is 95.7 Å². The fourth-order valence-corrected chi connectivity index (χ4v) is 2.45. The number of carboxylic acid groups (broad SMARTS) is 1. The van der Waals surface area contributed by atoms with Gasteiger partial charge in [0.1, 0.15) is 0 Å². The predicted octanol–water partition coefficient (Wildman–Crippen LogP) is 0.940. The maximum atomic E-state index is 10.6. The van der Waals surface area contributed by atoms with Gasteiger partial charge in [0.05, 0.1) is 12.1 Å². The lowest BCUT2D eigenvalue weighted by Crippen LogP contribution is -2.16. The molecule has 0 amide bonds. The highest BCUT2D eigenvalue weighted by Gasteiger charge is 2.32. The van der Waals surface area contributed by atoms with Crippen molar-refractivity contribution in [2.24, 2.45) is 5.10 Å². The van der Waals surface area contributed by atoms with Crippen LogP contribution in [0.2, 0.25) is 0 Å². The third-order valence-corrected chi connectivity index (χ3v) is 3.53. The summed E-state index contributed by atoms with van der Waals surface area (Å²) in [6, 6.07) is 0. The van der Waals surface area contributed by atoms with Crippen LogP contribution < -0.4 is 0 Å². The number of aromatic nitrogens is 3. The van der Waals surface area contributed by atoms with Gasteiger partial charge in [-0.3, -0.25) is 4.79 Å². The van der Waals surface area contributed by atoms with Crippen LogP contribution in [0.4, 0.5) is 0 Å². The Morgan fingerprint density at radius 1 is 1.50 bits per heavy atom. The van der Waals surface area contributed by atoms with Crippen molar-refractivity contribution in [2.45, 2.75) is 30.3 Å². The summed E-state index contributed by atoms with van der Waals surface area (Å²) in [6.45, 7) is 0. The molecule has 0 saturated heterocycles. The molecule has 84 valence electrons. The summed E-state index contributed by atoms with van der Waals surface area (Å²) in [5.41, 5.74) is 0.673. The lowest BCUT2D eigenvalue weighted by Gasteiger charge is -2.11. The number of carbonyl (C=O) groups is 1. The predicted molar refractivity (Wildman–Crippen MR) is 57.8 cm³/mol. The van der Waals surface area contributed by atoms with Crippen LogP contribution in [0.3, 0.4) is 0 Å². The monoisotopic (exact) mass is 238 g/mol. The summed E-state index contributed by atoms with van der Waals surface area (Å²) in [5.74, 6) is 1.10. The molecule has 3 rings (SSSR count). The fraction of sp³-hybridized carbons (Fsp3) is 0.556. The fourth-order valence-electron chi connectivity index (χ4n) is 1.64. The van der Waals surface area contributed by atoms with Gasteiger partial charge in [0.2, 0.25) is 5.16 Å². The molecule has 1 N–H and O–H groups in total. The summed E-state index contributed by atoms with van der Waals surface area (Å²) in [6.07, 6.45) is 2.26. The van der Waals surface area contributed by atoms with Crippen molar-refractivity contribution in [2.75, 3.05) is 5.75 Å².